The number of rotatable bonds is 5. The Bertz CT molecular complexity index is 851. The molecule has 1 amide bonds. The van der Waals surface area contributed by atoms with Gasteiger partial charge in [0.15, 0.2) is 5.69 Å². The molecule has 4 nitrogen and oxygen atoms in total. The number of aromatic nitrogens is 2. The molecule has 2 aromatic carbocycles. The molecule has 0 aliphatic carbocycles. The summed E-state index contributed by atoms with van der Waals surface area (Å²) in [4.78, 5) is 14.4. The molecule has 0 aliphatic heterocycles. The first-order valence-corrected chi connectivity index (χ1v) is 8.54. The molecular weight excluding hydrogens is 310 g/mol. The average molecular weight is 333 g/mol. The lowest BCUT2D eigenvalue weighted by molar-refractivity contribution is 0.0779. The second-order valence-corrected chi connectivity index (χ2v) is 6.25. The molecule has 0 spiro atoms. The molecule has 1 heterocycles. The summed E-state index contributed by atoms with van der Waals surface area (Å²) >= 11 is 0. The lowest BCUT2D eigenvalue weighted by Crippen LogP contribution is -2.26. The molecule has 0 atom stereocenters. The molecule has 0 N–H and O–H groups in total. The number of hydrogen-bond acceptors (Lipinski definition) is 2. The van der Waals surface area contributed by atoms with Crippen LogP contribution in [0.5, 0.6) is 0 Å². The first-order valence-electron chi connectivity index (χ1n) is 8.54. The van der Waals surface area contributed by atoms with Crippen molar-refractivity contribution < 1.29 is 4.79 Å². The summed E-state index contributed by atoms with van der Waals surface area (Å²) in [6.07, 6.45) is 1.02. The third kappa shape index (κ3) is 3.79. The van der Waals surface area contributed by atoms with E-state index in [1.165, 1.54) is 5.56 Å². The third-order valence-electron chi connectivity index (χ3n) is 4.30. The number of nitrogens with zero attached hydrogens (tertiary/aromatic N) is 3. The van der Waals surface area contributed by atoms with E-state index >= 15 is 0 Å². The van der Waals surface area contributed by atoms with E-state index in [0.29, 0.717) is 12.2 Å². The van der Waals surface area contributed by atoms with Gasteiger partial charge in [0.25, 0.3) is 5.91 Å². The quantitative estimate of drug-likeness (QED) is 0.707. The second kappa shape index (κ2) is 7.34. The predicted molar refractivity (Wildman–Crippen MR) is 99.9 cm³/mol. The van der Waals surface area contributed by atoms with Gasteiger partial charge in [0.05, 0.1) is 5.69 Å². The van der Waals surface area contributed by atoms with Gasteiger partial charge in [-0.05, 0) is 42.7 Å². The van der Waals surface area contributed by atoms with Crippen molar-refractivity contribution in [2.45, 2.75) is 26.8 Å². The lowest BCUT2D eigenvalue weighted by atomic mass is 10.1. The Morgan fingerprint density at radius 2 is 1.68 bits per heavy atom. The lowest BCUT2D eigenvalue weighted by Gasteiger charge is -2.16. The number of benzene rings is 2. The summed E-state index contributed by atoms with van der Waals surface area (Å²) in [6.45, 7) is 4.66. The van der Waals surface area contributed by atoms with Crippen LogP contribution in [0.25, 0.3) is 5.69 Å². The fourth-order valence-electron chi connectivity index (χ4n) is 2.83. The minimum atomic E-state index is -0.0719. The van der Waals surface area contributed by atoms with Crippen LogP contribution < -0.4 is 0 Å². The molecule has 0 aliphatic rings. The smallest absolute Gasteiger partial charge is 0.274 e. The molecule has 3 rings (SSSR count). The molecule has 0 fully saturated rings. The van der Waals surface area contributed by atoms with Gasteiger partial charge in [-0.2, -0.15) is 5.10 Å². The maximum atomic E-state index is 12.7. The van der Waals surface area contributed by atoms with E-state index in [-0.39, 0.29) is 5.91 Å². The molecule has 128 valence electrons. The van der Waals surface area contributed by atoms with Gasteiger partial charge in [0.2, 0.25) is 0 Å². The summed E-state index contributed by atoms with van der Waals surface area (Å²) in [5.41, 5.74) is 4.78. The van der Waals surface area contributed by atoms with Gasteiger partial charge in [-0.25, -0.2) is 4.68 Å². The van der Waals surface area contributed by atoms with Crippen molar-refractivity contribution in [2.75, 3.05) is 7.05 Å². The average Bonchev–Trinajstić information content (AvgIpc) is 3.04. The Labute approximate surface area is 148 Å². The minimum Gasteiger partial charge on any atom is -0.336 e. The van der Waals surface area contributed by atoms with E-state index in [1.807, 2.05) is 50.4 Å². The van der Waals surface area contributed by atoms with E-state index in [1.54, 1.807) is 9.58 Å². The molecule has 0 unspecified atom stereocenters. The highest BCUT2D eigenvalue weighted by Crippen LogP contribution is 2.14. The summed E-state index contributed by atoms with van der Waals surface area (Å²) in [5, 5.41) is 4.50. The van der Waals surface area contributed by atoms with E-state index in [4.69, 9.17) is 0 Å². The summed E-state index contributed by atoms with van der Waals surface area (Å²) < 4.78 is 1.80. The highest BCUT2D eigenvalue weighted by atomic mass is 16.2. The first kappa shape index (κ1) is 17.0. The van der Waals surface area contributed by atoms with Crippen LogP contribution >= 0.6 is 0 Å². The maximum absolute atomic E-state index is 12.7. The Hall–Kier alpha value is -2.88. The summed E-state index contributed by atoms with van der Waals surface area (Å²) in [5.74, 6) is -0.0719. The Kier molecular flexibility index (Phi) is 4.98. The zero-order chi connectivity index (χ0) is 17.8. The van der Waals surface area contributed by atoms with Gasteiger partial charge in [-0.1, -0.05) is 49.4 Å². The van der Waals surface area contributed by atoms with Crippen LogP contribution in [0.3, 0.4) is 0 Å². The van der Waals surface area contributed by atoms with Crippen molar-refractivity contribution >= 4 is 5.91 Å². The minimum absolute atomic E-state index is 0.0719. The molecule has 0 saturated heterocycles. The third-order valence-corrected chi connectivity index (χ3v) is 4.30. The van der Waals surface area contributed by atoms with Gasteiger partial charge in [-0.15, -0.1) is 0 Å². The van der Waals surface area contributed by atoms with E-state index in [2.05, 4.69) is 36.3 Å². The number of carbonyl (C=O) groups excluding carboxylic acids is 1. The van der Waals surface area contributed by atoms with Gasteiger partial charge < -0.3 is 4.90 Å². The zero-order valence-corrected chi connectivity index (χ0v) is 14.9. The van der Waals surface area contributed by atoms with E-state index < -0.39 is 0 Å². The highest BCUT2D eigenvalue weighted by Gasteiger charge is 2.17. The Morgan fingerprint density at radius 1 is 1.04 bits per heavy atom. The SMILES string of the molecule is CCc1ccc(CN(C)C(=O)c2cc(C)n(-c3ccccc3)n2)cc1. The van der Waals surface area contributed by atoms with Gasteiger partial charge >= 0.3 is 0 Å². The molecule has 0 saturated carbocycles. The van der Waals surface area contributed by atoms with Gasteiger partial charge in [0.1, 0.15) is 0 Å². The Balaban J connectivity index is 1.76. The molecular formula is C21H23N3O. The van der Waals surface area contributed by atoms with Crippen LogP contribution in [0.4, 0.5) is 0 Å². The van der Waals surface area contributed by atoms with Crippen LogP contribution in [-0.4, -0.2) is 27.6 Å². The molecule has 3 aromatic rings. The monoisotopic (exact) mass is 333 g/mol. The fourth-order valence-corrected chi connectivity index (χ4v) is 2.83. The molecule has 0 bridgehead atoms. The van der Waals surface area contributed by atoms with Crippen molar-refractivity contribution in [2.24, 2.45) is 0 Å². The number of para-hydroxylation sites is 1. The van der Waals surface area contributed by atoms with Crippen molar-refractivity contribution in [1.29, 1.82) is 0 Å². The Morgan fingerprint density at radius 3 is 2.32 bits per heavy atom. The molecule has 1 aromatic heterocycles. The van der Waals surface area contributed by atoms with Crippen LogP contribution in [0.15, 0.2) is 60.7 Å². The standard InChI is InChI=1S/C21H23N3O/c1-4-17-10-12-18(13-11-17)15-23(3)21(25)20-14-16(2)24(22-20)19-8-6-5-7-9-19/h5-14H,4,15H2,1-3H3. The summed E-state index contributed by atoms with van der Waals surface area (Å²) in [7, 11) is 1.81. The van der Waals surface area contributed by atoms with E-state index in [9.17, 15) is 4.79 Å². The highest BCUT2D eigenvalue weighted by molar-refractivity contribution is 5.92. The van der Waals surface area contributed by atoms with Crippen LogP contribution in [0.2, 0.25) is 0 Å². The predicted octanol–water partition coefficient (Wildman–Crippen LogP) is 4.02. The number of aryl methyl sites for hydroxylation is 2. The molecule has 0 radical (unpaired) electrons. The molecule has 25 heavy (non-hydrogen) atoms. The van der Waals surface area contributed by atoms with Crippen LogP contribution in [0.1, 0.15) is 34.2 Å². The summed E-state index contributed by atoms with van der Waals surface area (Å²) in [6, 6.07) is 20.1. The van der Waals surface area contributed by atoms with Gasteiger partial charge in [0, 0.05) is 19.3 Å². The van der Waals surface area contributed by atoms with E-state index in [0.717, 1.165) is 23.4 Å². The maximum Gasteiger partial charge on any atom is 0.274 e. The second-order valence-electron chi connectivity index (χ2n) is 6.25. The van der Waals surface area contributed by atoms with Crippen LogP contribution in [0, 0.1) is 6.92 Å². The first-order chi connectivity index (χ1) is 12.1. The number of hydrogen-bond donors (Lipinski definition) is 0. The van der Waals surface area contributed by atoms with Crippen molar-refractivity contribution in [3.63, 3.8) is 0 Å². The van der Waals surface area contributed by atoms with Crippen LogP contribution in [-0.2, 0) is 13.0 Å². The van der Waals surface area contributed by atoms with Crippen molar-refractivity contribution in [3.05, 3.63) is 83.2 Å². The normalized spacial score (nSPS) is 10.7. The number of amides is 1. The largest absolute Gasteiger partial charge is 0.336 e. The topological polar surface area (TPSA) is 38.1 Å². The number of carbonyl (C=O) groups is 1. The zero-order valence-electron chi connectivity index (χ0n) is 14.9. The molecule has 4 heteroatoms. The fraction of sp³-hybridized carbons (Fsp3) is 0.238. The van der Waals surface area contributed by atoms with Crippen molar-refractivity contribution in [1.82, 2.24) is 14.7 Å². The van der Waals surface area contributed by atoms with Crippen molar-refractivity contribution in [3.8, 4) is 5.69 Å². The van der Waals surface area contributed by atoms with Gasteiger partial charge in [-0.3, -0.25) is 4.79 Å².